The molecule has 0 spiro atoms. The van der Waals surface area contributed by atoms with Gasteiger partial charge in [0, 0.05) is 5.69 Å². The van der Waals surface area contributed by atoms with Crippen molar-refractivity contribution in [1.29, 1.82) is 0 Å². The molecule has 7 nitrogen and oxygen atoms in total. The van der Waals surface area contributed by atoms with Gasteiger partial charge in [-0.05, 0) is 48.4 Å². The summed E-state index contributed by atoms with van der Waals surface area (Å²) in [6, 6.07) is 17.1. The van der Waals surface area contributed by atoms with Crippen LogP contribution in [-0.4, -0.2) is 20.9 Å². The largest absolute Gasteiger partial charge is 0.384 e. The molecular weight excluding hydrogens is 395 g/mol. The number of carbonyl (C=O) groups excluding carboxylic acids is 1. The molecule has 8 heteroatoms. The van der Waals surface area contributed by atoms with E-state index in [4.69, 9.17) is 5.73 Å². The maximum Gasteiger partial charge on any atom is 0.228 e. The molecule has 0 radical (unpaired) electrons. The number of fused-ring (bicyclic) bond motifs is 1. The Balaban J connectivity index is 1.48. The predicted octanol–water partition coefficient (Wildman–Crippen LogP) is 4.10. The summed E-state index contributed by atoms with van der Waals surface area (Å²) in [5.41, 5.74) is 8.18. The first-order valence-corrected chi connectivity index (χ1v) is 9.76. The van der Waals surface area contributed by atoms with Crippen LogP contribution in [0.5, 0.6) is 0 Å². The van der Waals surface area contributed by atoms with E-state index in [0.717, 1.165) is 10.9 Å². The van der Waals surface area contributed by atoms with Crippen LogP contribution in [-0.2, 0) is 11.2 Å². The fourth-order valence-corrected chi connectivity index (χ4v) is 3.27. The van der Waals surface area contributed by atoms with Gasteiger partial charge in [-0.15, -0.1) is 0 Å². The number of halogens is 1. The third-order valence-electron chi connectivity index (χ3n) is 4.85. The molecule has 0 saturated carbocycles. The van der Waals surface area contributed by atoms with Gasteiger partial charge in [0.25, 0.3) is 0 Å². The molecule has 0 aliphatic heterocycles. The number of hydrogen-bond donors (Lipinski definition) is 3. The molecule has 1 unspecified atom stereocenters. The second kappa shape index (κ2) is 8.74. The molecule has 2 aromatic carbocycles. The van der Waals surface area contributed by atoms with Crippen molar-refractivity contribution in [2.75, 3.05) is 16.4 Å². The third-order valence-corrected chi connectivity index (χ3v) is 4.85. The van der Waals surface area contributed by atoms with E-state index in [2.05, 4.69) is 25.6 Å². The van der Waals surface area contributed by atoms with E-state index in [0.29, 0.717) is 28.5 Å². The molecule has 1 atom stereocenters. The summed E-state index contributed by atoms with van der Waals surface area (Å²) in [7, 11) is 0. The highest BCUT2D eigenvalue weighted by Gasteiger charge is 2.12. The summed E-state index contributed by atoms with van der Waals surface area (Å²) in [6.45, 7) is 1.99. The predicted molar refractivity (Wildman–Crippen MR) is 119 cm³/mol. The first-order valence-electron chi connectivity index (χ1n) is 9.76. The number of hydrogen-bond acceptors (Lipinski definition) is 6. The monoisotopic (exact) mass is 416 g/mol. The second-order valence-electron chi connectivity index (χ2n) is 7.14. The van der Waals surface area contributed by atoms with Gasteiger partial charge in [-0.3, -0.25) is 4.79 Å². The second-order valence-corrected chi connectivity index (χ2v) is 7.14. The SMILES string of the molecule is CC(Nc1ncnc2nc(N)ccc12)c1cccc(NC(=O)Cc2ccccc2F)c1. The Labute approximate surface area is 178 Å². The van der Waals surface area contributed by atoms with Crippen molar-refractivity contribution in [3.8, 4) is 0 Å². The lowest BCUT2D eigenvalue weighted by atomic mass is 10.1. The molecule has 4 N–H and O–H groups in total. The van der Waals surface area contributed by atoms with Gasteiger partial charge >= 0.3 is 0 Å². The van der Waals surface area contributed by atoms with Crippen molar-refractivity contribution < 1.29 is 9.18 Å². The van der Waals surface area contributed by atoms with Crippen LogP contribution in [0.25, 0.3) is 11.0 Å². The Morgan fingerprint density at radius 2 is 1.94 bits per heavy atom. The molecule has 4 rings (SSSR count). The Morgan fingerprint density at radius 3 is 2.77 bits per heavy atom. The molecule has 2 heterocycles. The van der Waals surface area contributed by atoms with Crippen LogP contribution >= 0.6 is 0 Å². The number of aromatic nitrogens is 3. The maximum atomic E-state index is 13.8. The Morgan fingerprint density at radius 1 is 1.10 bits per heavy atom. The summed E-state index contributed by atoms with van der Waals surface area (Å²) in [5.74, 6) is 0.355. The minimum atomic E-state index is -0.391. The number of amides is 1. The van der Waals surface area contributed by atoms with Crippen LogP contribution in [0.15, 0.2) is 67.0 Å². The number of nitrogens with two attached hydrogens (primary N) is 1. The number of nitrogens with one attached hydrogen (secondary N) is 2. The highest BCUT2D eigenvalue weighted by Crippen LogP contribution is 2.25. The van der Waals surface area contributed by atoms with E-state index in [1.807, 2.05) is 31.2 Å². The van der Waals surface area contributed by atoms with Gasteiger partial charge in [0.15, 0.2) is 5.65 Å². The molecule has 0 fully saturated rings. The van der Waals surface area contributed by atoms with Gasteiger partial charge < -0.3 is 16.4 Å². The molecule has 31 heavy (non-hydrogen) atoms. The molecule has 0 bridgehead atoms. The van der Waals surface area contributed by atoms with E-state index in [-0.39, 0.29) is 18.4 Å². The minimum absolute atomic E-state index is 0.0340. The smallest absolute Gasteiger partial charge is 0.228 e. The van der Waals surface area contributed by atoms with Crippen LogP contribution in [0.3, 0.4) is 0 Å². The van der Waals surface area contributed by atoms with E-state index in [9.17, 15) is 9.18 Å². The molecule has 4 aromatic rings. The van der Waals surface area contributed by atoms with Crippen LogP contribution in [0.4, 0.5) is 21.7 Å². The molecular formula is C23H21FN6O. The molecule has 0 aliphatic carbocycles. The lowest BCUT2D eigenvalue weighted by molar-refractivity contribution is -0.115. The number of nitrogens with zero attached hydrogens (tertiary/aromatic N) is 3. The zero-order chi connectivity index (χ0) is 21.8. The topological polar surface area (TPSA) is 106 Å². The van der Waals surface area contributed by atoms with Crippen molar-refractivity contribution in [2.24, 2.45) is 0 Å². The van der Waals surface area contributed by atoms with Crippen molar-refractivity contribution in [3.05, 3.63) is 83.9 Å². The first kappa shape index (κ1) is 20.2. The summed E-state index contributed by atoms with van der Waals surface area (Å²) < 4.78 is 13.8. The summed E-state index contributed by atoms with van der Waals surface area (Å²) in [4.78, 5) is 25.0. The fourth-order valence-electron chi connectivity index (χ4n) is 3.27. The van der Waals surface area contributed by atoms with Gasteiger partial charge in [-0.1, -0.05) is 30.3 Å². The molecule has 0 aliphatic rings. The normalized spacial score (nSPS) is 11.8. The lowest BCUT2D eigenvalue weighted by Gasteiger charge is -2.17. The average molecular weight is 416 g/mol. The number of benzene rings is 2. The van der Waals surface area contributed by atoms with E-state index in [1.54, 1.807) is 30.3 Å². The molecule has 2 aromatic heterocycles. The van der Waals surface area contributed by atoms with Gasteiger partial charge in [-0.2, -0.15) is 0 Å². The molecule has 0 saturated heterocycles. The van der Waals surface area contributed by atoms with Crippen LogP contribution in [0.2, 0.25) is 0 Å². The first-order chi connectivity index (χ1) is 15.0. The lowest BCUT2D eigenvalue weighted by Crippen LogP contribution is -2.16. The maximum absolute atomic E-state index is 13.8. The number of pyridine rings is 1. The highest BCUT2D eigenvalue weighted by atomic mass is 19.1. The van der Waals surface area contributed by atoms with E-state index in [1.165, 1.54) is 12.4 Å². The Hall–Kier alpha value is -4.07. The zero-order valence-corrected chi connectivity index (χ0v) is 16.8. The van der Waals surface area contributed by atoms with Gasteiger partial charge in [0.2, 0.25) is 5.91 Å². The van der Waals surface area contributed by atoms with Crippen molar-refractivity contribution in [3.63, 3.8) is 0 Å². The average Bonchev–Trinajstić information content (AvgIpc) is 2.75. The standard InChI is InChI=1S/C23H21FN6O/c1-14(28-22-18-9-10-20(25)30-23(18)27-13-26-22)15-6-4-7-17(11-15)29-21(31)12-16-5-2-3-8-19(16)24/h2-11,13-14H,12H2,1H3,(H,29,31)(H3,25,26,27,28,30). The summed E-state index contributed by atoms with van der Waals surface area (Å²) >= 11 is 0. The van der Waals surface area contributed by atoms with Crippen molar-refractivity contribution in [2.45, 2.75) is 19.4 Å². The third kappa shape index (κ3) is 4.75. The van der Waals surface area contributed by atoms with Gasteiger partial charge in [-0.25, -0.2) is 19.3 Å². The summed E-state index contributed by atoms with van der Waals surface area (Å²) in [6.07, 6.45) is 1.40. The molecule has 1 amide bonds. The van der Waals surface area contributed by atoms with E-state index < -0.39 is 5.82 Å². The molecule has 156 valence electrons. The zero-order valence-electron chi connectivity index (χ0n) is 16.8. The van der Waals surface area contributed by atoms with Crippen molar-refractivity contribution in [1.82, 2.24) is 15.0 Å². The van der Waals surface area contributed by atoms with Gasteiger partial charge in [0.05, 0.1) is 17.8 Å². The van der Waals surface area contributed by atoms with Crippen LogP contribution < -0.4 is 16.4 Å². The number of rotatable bonds is 6. The summed E-state index contributed by atoms with van der Waals surface area (Å²) in [5, 5.41) is 6.95. The van der Waals surface area contributed by atoms with Gasteiger partial charge in [0.1, 0.15) is 23.8 Å². The number of anilines is 3. The number of nitrogen functional groups attached to an aromatic ring is 1. The highest BCUT2D eigenvalue weighted by molar-refractivity contribution is 5.92. The van der Waals surface area contributed by atoms with Crippen LogP contribution in [0.1, 0.15) is 24.1 Å². The van der Waals surface area contributed by atoms with E-state index >= 15 is 0 Å². The van der Waals surface area contributed by atoms with Crippen molar-refractivity contribution >= 4 is 34.3 Å². The Kier molecular flexibility index (Phi) is 5.70. The quantitative estimate of drug-likeness (QED) is 0.437. The fraction of sp³-hybridized carbons (Fsp3) is 0.130. The number of carbonyl (C=O) groups is 1. The minimum Gasteiger partial charge on any atom is -0.384 e. The Bertz CT molecular complexity index is 1250. The van der Waals surface area contributed by atoms with Crippen LogP contribution in [0, 0.1) is 5.82 Å².